The third kappa shape index (κ3) is 11.2. The van der Waals surface area contributed by atoms with Crippen molar-refractivity contribution < 1.29 is 33.5 Å². The van der Waals surface area contributed by atoms with Gasteiger partial charge < -0.3 is 34.9 Å². The van der Waals surface area contributed by atoms with E-state index in [9.17, 15) is 9.59 Å². The molecule has 0 aliphatic carbocycles. The first-order chi connectivity index (χ1) is 24.2. The van der Waals surface area contributed by atoms with Crippen LogP contribution in [0.25, 0.3) is 0 Å². The summed E-state index contributed by atoms with van der Waals surface area (Å²) in [6.07, 6.45) is 0. The molecule has 0 unspecified atom stereocenters. The van der Waals surface area contributed by atoms with Gasteiger partial charge in [-0.2, -0.15) is 0 Å². The summed E-state index contributed by atoms with van der Waals surface area (Å²) < 4.78 is 16.7. The predicted molar refractivity (Wildman–Crippen MR) is 197 cm³/mol. The highest BCUT2D eigenvalue weighted by atomic mass is 16.6. The molecule has 0 saturated heterocycles. The van der Waals surface area contributed by atoms with Crippen molar-refractivity contribution in [1.82, 2.24) is 5.32 Å². The number of carbonyl (C=O) groups is 2. The molecule has 3 N–H and O–H groups in total. The first kappa shape index (κ1) is 40.5. The Morgan fingerprint density at radius 1 is 0.600 bits per heavy atom. The van der Waals surface area contributed by atoms with Crippen molar-refractivity contribution >= 4 is 23.3 Å². The Morgan fingerprint density at radius 2 is 1.00 bits per heavy atom. The molecule has 266 valence electrons. The Labute approximate surface area is 295 Å². The van der Waals surface area contributed by atoms with Crippen LogP contribution in [-0.2, 0) is 37.2 Å². The van der Waals surface area contributed by atoms with Crippen LogP contribution in [-0.4, -0.2) is 58.7 Å². The van der Waals surface area contributed by atoms with Crippen molar-refractivity contribution in [2.45, 2.75) is 40.9 Å². The molecule has 11 heteroatoms. The normalized spacial score (nSPS) is 10.8. The molecule has 0 aromatic heterocycles. The maximum atomic E-state index is 12.2. The highest BCUT2D eigenvalue weighted by molar-refractivity contribution is 6.46. The monoisotopic (exact) mass is 684 g/mol. The van der Waals surface area contributed by atoms with Gasteiger partial charge >= 0.3 is 5.97 Å². The van der Waals surface area contributed by atoms with Crippen molar-refractivity contribution in [1.29, 1.82) is 0 Å². The van der Waals surface area contributed by atoms with Crippen molar-refractivity contribution in [2.24, 2.45) is 16.0 Å². The molecule has 4 rings (SSSR count). The number of oxime groups is 2. The molecule has 0 heterocycles. The van der Waals surface area contributed by atoms with Gasteiger partial charge in [-0.1, -0.05) is 83.1 Å². The summed E-state index contributed by atoms with van der Waals surface area (Å²) in [7, 11) is 7.19. The van der Waals surface area contributed by atoms with Gasteiger partial charge in [-0.05, 0) is 80.3 Å². The Morgan fingerprint density at radius 3 is 1.40 bits per heavy atom. The van der Waals surface area contributed by atoms with Crippen LogP contribution in [0, 0.1) is 27.7 Å². The van der Waals surface area contributed by atoms with E-state index in [1.807, 2.05) is 113 Å². The molecular weight excluding hydrogens is 636 g/mol. The molecule has 0 aliphatic rings. The van der Waals surface area contributed by atoms with Crippen molar-refractivity contribution in [3.8, 4) is 11.5 Å². The Bertz CT molecular complexity index is 1640. The Hall–Kier alpha value is -5.68. The fourth-order valence-electron chi connectivity index (χ4n) is 4.91. The molecule has 11 nitrogen and oxygen atoms in total. The molecule has 0 aliphatic heterocycles. The lowest BCUT2D eigenvalue weighted by molar-refractivity contribution is -0.132. The summed E-state index contributed by atoms with van der Waals surface area (Å²) in [5, 5.41) is 10.3. The number of hydrogen-bond donors (Lipinski definition) is 2. The van der Waals surface area contributed by atoms with E-state index in [0.29, 0.717) is 18.8 Å². The second kappa shape index (κ2) is 21.3. The van der Waals surface area contributed by atoms with E-state index >= 15 is 0 Å². The third-order valence-electron chi connectivity index (χ3n) is 7.33. The number of carbonyl (C=O) groups excluding carboxylic acids is 2. The number of nitrogens with zero attached hydrogens (tertiary/aromatic N) is 2. The number of amides is 1. The highest BCUT2D eigenvalue weighted by Crippen LogP contribution is 2.23. The first-order valence-corrected chi connectivity index (χ1v) is 15.8. The first-order valence-electron chi connectivity index (χ1n) is 15.8. The molecule has 4 aromatic rings. The number of nitrogens with one attached hydrogen (secondary N) is 1. The van der Waals surface area contributed by atoms with E-state index in [2.05, 4.69) is 21.4 Å². The molecule has 0 spiro atoms. The van der Waals surface area contributed by atoms with E-state index in [0.717, 1.165) is 50.4 Å². The fourth-order valence-corrected chi connectivity index (χ4v) is 4.91. The number of likely N-dealkylation sites (N-methyl/N-ethyl adjacent to an activating group) is 1. The summed E-state index contributed by atoms with van der Waals surface area (Å²) >= 11 is 0. The van der Waals surface area contributed by atoms with Gasteiger partial charge in [-0.25, -0.2) is 4.79 Å². The van der Waals surface area contributed by atoms with Gasteiger partial charge in [0.25, 0.3) is 5.91 Å². The van der Waals surface area contributed by atoms with E-state index < -0.39 is 5.97 Å². The van der Waals surface area contributed by atoms with Crippen LogP contribution in [0.1, 0.15) is 44.5 Å². The summed E-state index contributed by atoms with van der Waals surface area (Å²) in [5.74, 6) is 0.759. The van der Waals surface area contributed by atoms with Gasteiger partial charge in [-0.15, -0.1) is 0 Å². The van der Waals surface area contributed by atoms with Crippen molar-refractivity contribution in [3.63, 3.8) is 0 Å². The molecule has 0 atom stereocenters. The molecule has 0 bridgehead atoms. The van der Waals surface area contributed by atoms with E-state index in [1.54, 1.807) is 7.05 Å². The number of aryl methyl sites for hydroxylation is 4. The summed E-state index contributed by atoms with van der Waals surface area (Å²) in [4.78, 5) is 33.9. The van der Waals surface area contributed by atoms with Crippen LogP contribution < -0.4 is 20.5 Å². The largest absolute Gasteiger partial charge is 0.489 e. The van der Waals surface area contributed by atoms with Crippen LogP contribution in [0.5, 0.6) is 11.5 Å². The maximum absolute atomic E-state index is 12.2. The van der Waals surface area contributed by atoms with Crippen molar-refractivity contribution in [3.05, 3.63) is 129 Å². The molecule has 50 heavy (non-hydrogen) atoms. The van der Waals surface area contributed by atoms with Crippen LogP contribution >= 0.6 is 0 Å². The third-order valence-corrected chi connectivity index (χ3v) is 7.33. The molecule has 0 fully saturated rings. The standard InChI is InChI=1S/C19H22N2O3.C19H21NO4.CH5N/c1-13-8-5-6-11-16(13)24-12-15-10-7-9-14(2)17(15)18(21-23-4)19(22)20-3;1-13-8-5-6-11-16(13)24-12-15-10-7-9-14(2)17(15)18(20-23-4)19(21)22-3;1-2/h5-11H,12H2,1-4H3,(H,20,22);5-11H,12H2,1-4H3;2H2,1H3. The number of rotatable bonds is 12. The summed E-state index contributed by atoms with van der Waals surface area (Å²) in [6, 6.07) is 27.1. The van der Waals surface area contributed by atoms with E-state index in [-0.39, 0.29) is 17.3 Å². The minimum absolute atomic E-state index is 0.126. The average molecular weight is 685 g/mol. The van der Waals surface area contributed by atoms with Crippen LogP contribution in [0.15, 0.2) is 95.2 Å². The summed E-state index contributed by atoms with van der Waals surface area (Å²) in [6.45, 7) is 8.46. The van der Waals surface area contributed by atoms with Crippen LogP contribution in [0.4, 0.5) is 0 Å². The van der Waals surface area contributed by atoms with E-state index in [1.165, 1.54) is 28.4 Å². The minimum Gasteiger partial charge on any atom is -0.489 e. The Balaban J connectivity index is 0.000000330. The number of esters is 1. The maximum Gasteiger partial charge on any atom is 0.360 e. The lowest BCUT2D eigenvalue weighted by Crippen LogP contribution is -2.30. The fraction of sp³-hybridized carbons (Fsp3) is 0.282. The van der Waals surface area contributed by atoms with Crippen molar-refractivity contribution in [2.75, 3.05) is 35.4 Å². The highest BCUT2D eigenvalue weighted by Gasteiger charge is 2.22. The van der Waals surface area contributed by atoms with Gasteiger partial charge in [0.2, 0.25) is 0 Å². The van der Waals surface area contributed by atoms with Gasteiger partial charge in [0, 0.05) is 18.2 Å². The number of para-hydroxylation sites is 2. The topological polar surface area (TPSA) is 143 Å². The molecule has 0 saturated carbocycles. The number of methoxy groups -OCH3 is 1. The number of hydrogen-bond acceptors (Lipinski definition) is 10. The van der Waals surface area contributed by atoms with E-state index in [4.69, 9.17) is 23.9 Å². The van der Waals surface area contributed by atoms with Gasteiger partial charge in [0.05, 0.1) is 7.11 Å². The zero-order valence-electron chi connectivity index (χ0n) is 30.3. The SMILES string of the molecule is CN.CNC(=O)C(=NOC)c1c(C)cccc1COc1ccccc1C.CON=C(C(=O)OC)c1c(C)cccc1COc1ccccc1C. The molecular formula is C39H48N4O7. The summed E-state index contributed by atoms with van der Waals surface area (Å²) in [5.41, 5.74) is 11.9. The predicted octanol–water partition coefficient (Wildman–Crippen LogP) is 5.96. The molecule has 4 aromatic carbocycles. The minimum atomic E-state index is -0.553. The van der Waals surface area contributed by atoms with Gasteiger partial charge in [0.1, 0.15) is 38.9 Å². The average Bonchev–Trinajstić information content (AvgIpc) is 3.13. The Kier molecular flexibility index (Phi) is 17.3. The van der Waals surface area contributed by atoms with Gasteiger partial charge in [0.15, 0.2) is 11.4 Å². The van der Waals surface area contributed by atoms with Crippen LogP contribution in [0.3, 0.4) is 0 Å². The van der Waals surface area contributed by atoms with Crippen LogP contribution in [0.2, 0.25) is 0 Å². The zero-order chi connectivity index (χ0) is 37.1. The zero-order valence-corrected chi connectivity index (χ0v) is 30.3. The molecule has 0 radical (unpaired) electrons. The second-order valence-electron chi connectivity index (χ2n) is 10.6. The number of benzene rings is 4. The number of nitrogens with two attached hydrogens (primary N) is 1. The lowest BCUT2D eigenvalue weighted by Gasteiger charge is -2.15. The quantitative estimate of drug-likeness (QED) is 0.106. The number of ether oxygens (including phenoxy) is 3. The second-order valence-corrected chi connectivity index (χ2v) is 10.6. The molecule has 1 amide bonds. The van der Waals surface area contributed by atoms with Gasteiger partial charge in [-0.3, -0.25) is 4.79 Å². The lowest BCUT2D eigenvalue weighted by atomic mass is 9.97. The smallest absolute Gasteiger partial charge is 0.360 e.